The number of aromatic nitrogens is 1. The van der Waals surface area contributed by atoms with Crippen LogP contribution >= 0.6 is 15.9 Å². The Labute approximate surface area is 144 Å². The molecule has 1 aliphatic rings. The minimum Gasteiger partial charge on any atom is -0.481 e. The molecular weight excluding hydrogens is 356 g/mol. The number of benzene rings is 1. The molecule has 23 heavy (non-hydrogen) atoms. The summed E-state index contributed by atoms with van der Waals surface area (Å²) >= 11 is 3.59. The molecule has 0 aliphatic carbocycles. The van der Waals surface area contributed by atoms with Crippen molar-refractivity contribution in [2.75, 3.05) is 13.1 Å². The maximum Gasteiger partial charge on any atom is 0.303 e. The molecule has 1 fully saturated rings. The van der Waals surface area contributed by atoms with E-state index < -0.39 is 5.97 Å². The van der Waals surface area contributed by atoms with Crippen LogP contribution in [0.1, 0.15) is 31.2 Å². The number of carboxylic acids is 1. The second-order valence-electron chi connectivity index (χ2n) is 6.28. The van der Waals surface area contributed by atoms with Crippen molar-refractivity contribution in [2.45, 2.75) is 32.2 Å². The maximum atomic E-state index is 10.8. The number of piperidine rings is 1. The Bertz CT molecular complexity index is 704. The standard InChI is InChI=1S/C18H21BrN2O2/c19-16-7-6-14(18-15(16)4-1-9-20-18)12-21-10-2-3-13(11-21)5-8-17(22)23/h1,4,6-7,9,13H,2-3,5,8,10-12H2,(H,22,23). The molecule has 0 amide bonds. The van der Waals surface area contributed by atoms with Crippen LogP contribution in [0.2, 0.25) is 0 Å². The lowest BCUT2D eigenvalue weighted by Crippen LogP contribution is -2.35. The van der Waals surface area contributed by atoms with Crippen molar-refractivity contribution in [3.63, 3.8) is 0 Å². The highest BCUT2D eigenvalue weighted by Gasteiger charge is 2.21. The average Bonchev–Trinajstić information content (AvgIpc) is 2.56. The van der Waals surface area contributed by atoms with Crippen molar-refractivity contribution in [1.29, 1.82) is 0 Å². The largest absolute Gasteiger partial charge is 0.481 e. The van der Waals surface area contributed by atoms with Crippen LogP contribution in [0.5, 0.6) is 0 Å². The number of carbonyl (C=O) groups is 1. The Kier molecular flexibility index (Phi) is 5.28. The molecule has 0 bridgehead atoms. The van der Waals surface area contributed by atoms with E-state index in [-0.39, 0.29) is 6.42 Å². The minimum atomic E-state index is -0.690. The molecule has 2 aromatic rings. The van der Waals surface area contributed by atoms with Gasteiger partial charge in [-0.3, -0.25) is 14.7 Å². The van der Waals surface area contributed by atoms with E-state index in [9.17, 15) is 4.79 Å². The molecular formula is C18H21BrN2O2. The van der Waals surface area contributed by atoms with Crippen LogP contribution in [0.25, 0.3) is 10.9 Å². The average molecular weight is 377 g/mol. The highest BCUT2D eigenvalue weighted by Crippen LogP contribution is 2.28. The summed E-state index contributed by atoms with van der Waals surface area (Å²) in [5.41, 5.74) is 2.29. The van der Waals surface area contributed by atoms with E-state index in [0.717, 1.165) is 54.3 Å². The number of fused-ring (bicyclic) bond motifs is 1. The molecule has 1 saturated heterocycles. The molecule has 1 atom stereocenters. The molecule has 122 valence electrons. The van der Waals surface area contributed by atoms with Crippen molar-refractivity contribution in [3.8, 4) is 0 Å². The fourth-order valence-corrected chi connectivity index (χ4v) is 3.88. The summed E-state index contributed by atoms with van der Waals surface area (Å²) in [4.78, 5) is 17.8. The molecule has 0 radical (unpaired) electrons. The van der Waals surface area contributed by atoms with Gasteiger partial charge in [0.05, 0.1) is 5.52 Å². The summed E-state index contributed by atoms with van der Waals surface area (Å²) in [7, 11) is 0. The predicted molar refractivity (Wildman–Crippen MR) is 94.3 cm³/mol. The summed E-state index contributed by atoms with van der Waals surface area (Å²) in [6, 6.07) is 8.27. The van der Waals surface area contributed by atoms with E-state index in [4.69, 9.17) is 5.11 Å². The van der Waals surface area contributed by atoms with E-state index in [1.54, 1.807) is 0 Å². The number of halogens is 1. The van der Waals surface area contributed by atoms with Crippen molar-refractivity contribution in [1.82, 2.24) is 9.88 Å². The first-order chi connectivity index (χ1) is 11.1. The summed E-state index contributed by atoms with van der Waals surface area (Å²) in [5, 5.41) is 10.0. The van der Waals surface area contributed by atoms with Gasteiger partial charge in [-0.05, 0) is 49.4 Å². The Morgan fingerprint density at radius 1 is 1.39 bits per heavy atom. The molecule has 1 aromatic heterocycles. The molecule has 4 nitrogen and oxygen atoms in total. The van der Waals surface area contributed by atoms with Crippen molar-refractivity contribution in [2.24, 2.45) is 5.92 Å². The molecule has 1 N–H and O–H groups in total. The summed E-state index contributed by atoms with van der Waals surface area (Å²) in [6.07, 6.45) is 5.19. The van der Waals surface area contributed by atoms with Crippen molar-refractivity contribution < 1.29 is 9.90 Å². The first-order valence-corrected chi connectivity index (χ1v) is 8.89. The number of hydrogen-bond acceptors (Lipinski definition) is 3. The second kappa shape index (κ2) is 7.41. The lowest BCUT2D eigenvalue weighted by Gasteiger charge is -2.32. The summed E-state index contributed by atoms with van der Waals surface area (Å²) in [5.74, 6) is -0.195. The molecule has 1 aliphatic heterocycles. The number of carboxylic acid groups (broad SMARTS) is 1. The van der Waals surface area contributed by atoms with Crippen LogP contribution < -0.4 is 0 Å². The Morgan fingerprint density at radius 3 is 3.09 bits per heavy atom. The molecule has 0 saturated carbocycles. The zero-order valence-electron chi connectivity index (χ0n) is 13.0. The van der Waals surface area contributed by atoms with E-state index in [2.05, 4.69) is 44.0 Å². The number of nitrogens with zero attached hydrogens (tertiary/aromatic N) is 2. The topological polar surface area (TPSA) is 53.4 Å². The molecule has 3 rings (SSSR count). The van der Waals surface area contributed by atoms with Crippen molar-refractivity contribution in [3.05, 3.63) is 40.5 Å². The van der Waals surface area contributed by atoms with Crippen LogP contribution in [0.3, 0.4) is 0 Å². The second-order valence-corrected chi connectivity index (χ2v) is 7.14. The van der Waals surface area contributed by atoms with Crippen LogP contribution in [0.15, 0.2) is 34.9 Å². The van der Waals surface area contributed by atoms with Gasteiger partial charge in [-0.1, -0.05) is 28.1 Å². The summed E-state index contributed by atoms with van der Waals surface area (Å²) < 4.78 is 1.07. The van der Waals surface area contributed by atoms with E-state index in [1.165, 1.54) is 5.56 Å². The van der Waals surface area contributed by atoms with E-state index in [0.29, 0.717) is 5.92 Å². The predicted octanol–water partition coefficient (Wildman–Crippen LogP) is 4.07. The SMILES string of the molecule is O=C(O)CCC1CCCN(Cc2ccc(Br)c3cccnc23)C1. The van der Waals surface area contributed by atoms with Gasteiger partial charge in [0.2, 0.25) is 0 Å². The summed E-state index contributed by atoms with van der Waals surface area (Å²) in [6.45, 7) is 2.94. The van der Waals surface area contributed by atoms with Gasteiger partial charge in [-0.2, -0.15) is 0 Å². The zero-order chi connectivity index (χ0) is 16.2. The van der Waals surface area contributed by atoms with Gasteiger partial charge in [0.1, 0.15) is 0 Å². The number of likely N-dealkylation sites (tertiary alicyclic amines) is 1. The highest BCUT2D eigenvalue weighted by molar-refractivity contribution is 9.10. The third kappa shape index (κ3) is 4.09. The fraction of sp³-hybridized carbons (Fsp3) is 0.444. The number of pyridine rings is 1. The third-order valence-electron chi connectivity index (χ3n) is 4.56. The van der Waals surface area contributed by atoms with E-state index >= 15 is 0 Å². The number of rotatable bonds is 5. The first-order valence-electron chi connectivity index (χ1n) is 8.10. The Morgan fingerprint density at radius 2 is 2.26 bits per heavy atom. The molecule has 1 unspecified atom stereocenters. The Hall–Kier alpha value is -1.46. The van der Waals surface area contributed by atoms with Gasteiger partial charge in [-0.25, -0.2) is 0 Å². The van der Waals surface area contributed by atoms with E-state index in [1.807, 2.05) is 12.3 Å². The quantitative estimate of drug-likeness (QED) is 0.854. The molecule has 2 heterocycles. The monoisotopic (exact) mass is 376 g/mol. The van der Waals surface area contributed by atoms with Gasteiger partial charge in [0.25, 0.3) is 0 Å². The highest BCUT2D eigenvalue weighted by atomic mass is 79.9. The van der Waals surface area contributed by atoms with Crippen LogP contribution in [0, 0.1) is 5.92 Å². The third-order valence-corrected chi connectivity index (χ3v) is 5.26. The van der Waals surface area contributed by atoms with Gasteiger partial charge in [0.15, 0.2) is 0 Å². The zero-order valence-corrected chi connectivity index (χ0v) is 14.6. The Balaban J connectivity index is 1.72. The first kappa shape index (κ1) is 16.4. The minimum absolute atomic E-state index is 0.279. The van der Waals surface area contributed by atoms with Gasteiger partial charge >= 0.3 is 5.97 Å². The lowest BCUT2D eigenvalue weighted by molar-refractivity contribution is -0.137. The smallest absolute Gasteiger partial charge is 0.303 e. The van der Waals surface area contributed by atoms with Crippen molar-refractivity contribution >= 4 is 32.8 Å². The normalized spacial score (nSPS) is 19.1. The van der Waals surface area contributed by atoms with Gasteiger partial charge < -0.3 is 5.11 Å². The van der Waals surface area contributed by atoms with Crippen LogP contribution in [-0.2, 0) is 11.3 Å². The lowest BCUT2D eigenvalue weighted by atomic mass is 9.93. The van der Waals surface area contributed by atoms with Gasteiger partial charge in [0, 0.05) is 35.6 Å². The fourth-order valence-electron chi connectivity index (χ4n) is 3.42. The van der Waals surface area contributed by atoms with Crippen LogP contribution in [-0.4, -0.2) is 34.0 Å². The molecule has 1 aromatic carbocycles. The van der Waals surface area contributed by atoms with Gasteiger partial charge in [-0.15, -0.1) is 0 Å². The molecule has 5 heteroatoms. The maximum absolute atomic E-state index is 10.8. The molecule has 0 spiro atoms. The number of hydrogen-bond donors (Lipinski definition) is 1. The van der Waals surface area contributed by atoms with Crippen LogP contribution in [0.4, 0.5) is 0 Å². The number of aliphatic carboxylic acids is 1.